The van der Waals surface area contributed by atoms with Gasteiger partial charge in [-0.25, -0.2) is 0 Å². The van der Waals surface area contributed by atoms with Gasteiger partial charge in [-0.3, -0.25) is 30.6 Å². The Morgan fingerprint density at radius 1 is 0.833 bits per heavy atom. The maximum absolute atomic E-state index is 12.8. The predicted molar refractivity (Wildman–Crippen MR) is 89.2 cm³/mol. The molecule has 0 aliphatic heterocycles. The number of nitrogens with zero attached hydrogens (tertiary/aromatic N) is 1. The number of benzene rings is 2. The number of aryl methyl sites for hydroxylation is 1. The van der Waals surface area contributed by atoms with E-state index in [1.807, 2.05) is 5.43 Å². The van der Waals surface area contributed by atoms with Gasteiger partial charge in [0.25, 0.3) is 17.5 Å². The summed E-state index contributed by atoms with van der Waals surface area (Å²) in [7, 11) is 0. The molecule has 0 aromatic heterocycles. The van der Waals surface area contributed by atoms with E-state index in [1.54, 1.807) is 5.43 Å². The second-order valence-electron chi connectivity index (χ2n) is 5.96. The van der Waals surface area contributed by atoms with Gasteiger partial charge in [0.05, 0.1) is 16.1 Å². The van der Waals surface area contributed by atoms with Crippen molar-refractivity contribution in [3.8, 4) is 0 Å². The third-order valence-corrected chi connectivity index (χ3v) is 3.80. The number of halogens is 6. The van der Waals surface area contributed by atoms with E-state index in [4.69, 9.17) is 0 Å². The first-order valence-corrected chi connectivity index (χ1v) is 7.85. The molecule has 2 rings (SSSR count). The average molecular weight is 435 g/mol. The first kappa shape index (κ1) is 22.6. The highest BCUT2D eigenvalue weighted by Gasteiger charge is 2.37. The van der Waals surface area contributed by atoms with E-state index >= 15 is 0 Å². The van der Waals surface area contributed by atoms with Crippen LogP contribution >= 0.6 is 0 Å². The van der Waals surface area contributed by atoms with Crippen molar-refractivity contribution in [2.24, 2.45) is 0 Å². The first-order chi connectivity index (χ1) is 13.7. The van der Waals surface area contributed by atoms with Crippen molar-refractivity contribution < 1.29 is 40.9 Å². The number of rotatable bonds is 3. The van der Waals surface area contributed by atoms with Gasteiger partial charge in [-0.1, -0.05) is 0 Å². The van der Waals surface area contributed by atoms with Crippen molar-refractivity contribution in [1.29, 1.82) is 0 Å². The van der Waals surface area contributed by atoms with Crippen molar-refractivity contribution in [1.82, 2.24) is 10.9 Å². The van der Waals surface area contributed by atoms with Gasteiger partial charge in [-0.15, -0.1) is 0 Å². The Balaban J connectivity index is 2.22. The first-order valence-electron chi connectivity index (χ1n) is 7.85. The minimum atomic E-state index is -5.14. The molecule has 0 aliphatic rings. The Hall–Kier alpha value is -3.64. The number of carbonyl (C=O) groups is 2. The molecule has 2 aromatic rings. The largest absolute Gasteiger partial charge is 0.416 e. The summed E-state index contributed by atoms with van der Waals surface area (Å²) in [5.41, 5.74) is -1.16. The molecule has 30 heavy (non-hydrogen) atoms. The smallest absolute Gasteiger partial charge is 0.267 e. The summed E-state index contributed by atoms with van der Waals surface area (Å²) in [6.07, 6.45) is -10.3. The fourth-order valence-corrected chi connectivity index (χ4v) is 2.35. The lowest BCUT2D eigenvalue weighted by Gasteiger charge is -2.14. The molecule has 2 amide bonds. The van der Waals surface area contributed by atoms with Gasteiger partial charge in [0.2, 0.25) is 0 Å². The lowest BCUT2D eigenvalue weighted by Crippen LogP contribution is -2.41. The SMILES string of the molecule is Cc1cc(C(=O)NNC(=O)c2cc(C(F)(F)F)cc(C(F)(F)F)c2)ccc1[N+](=O)[O-]. The zero-order valence-electron chi connectivity index (χ0n) is 14.8. The summed E-state index contributed by atoms with van der Waals surface area (Å²) < 4.78 is 77.1. The van der Waals surface area contributed by atoms with Crippen LogP contribution in [-0.2, 0) is 12.4 Å². The third kappa shape index (κ3) is 5.24. The molecule has 0 fully saturated rings. The van der Waals surface area contributed by atoms with E-state index in [0.29, 0.717) is 0 Å². The maximum atomic E-state index is 12.8. The number of nitrogens with one attached hydrogen (secondary N) is 2. The maximum Gasteiger partial charge on any atom is 0.416 e. The predicted octanol–water partition coefficient (Wildman–Crippen LogP) is 4.02. The van der Waals surface area contributed by atoms with Gasteiger partial charge in [-0.05, 0) is 37.3 Å². The number of nitro groups is 1. The summed E-state index contributed by atoms with van der Waals surface area (Å²) in [6, 6.07) is 3.45. The van der Waals surface area contributed by atoms with E-state index < -0.39 is 45.8 Å². The molecule has 13 heteroatoms. The minimum absolute atomic E-state index is 0.117. The van der Waals surface area contributed by atoms with Crippen LogP contribution < -0.4 is 10.9 Å². The quantitative estimate of drug-likeness (QED) is 0.432. The van der Waals surface area contributed by atoms with Crippen LogP contribution in [0.2, 0.25) is 0 Å². The third-order valence-electron chi connectivity index (χ3n) is 3.80. The van der Waals surface area contributed by atoms with Gasteiger partial charge in [-0.2, -0.15) is 26.3 Å². The lowest BCUT2D eigenvalue weighted by atomic mass is 10.0. The van der Waals surface area contributed by atoms with Crippen molar-refractivity contribution in [3.63, 3.8) is 0 Å². The summed E-state index contributed by atoms with van der Waals surface area (Å²) in [5.74, 6) is -2.43. The number of amides is 2. The van der Waals surface area contributed by atoms with E-state index in [-0.39, 0.29) is 35.0 Å². The Morgan fingerprint density at radius 2 is 1.30 bits per heavy atom. The van der Waals surface area contributed by atoms with Gasteiger partial charge < -0.3 is 0 Å². The van der Waals surface area contributed by atoms with Crippen molar-refractivity contribution in [2.75, 3.05) is 0 Å². The minimum Gasteiger partial charge on any atom is -0.267 e. The van der Waals surface area contributed by atoms with Crippen molar-refractivity contribution >= 4 is 17.5 Å². The molecule has 0 saturated carbocycles. The second-order valence-corrected chi connectivity index (χ2v) is 5.96. The molecule has 0 spiro atoms. The molecule has 0 saturated heterocycles. The molecule has 0 atom stereocenters. The average Bonchev–Trinajstić information content (AvgIpc) is 2.63. The van der Waals surface area contributed by atoms with Crippen LogP contribution in [0, 0.1) is 17.0 Å². The number of alkyl halides is 6. The number of hydrazine groups is 1. The second kappa shape index (κ2) is 8.00. The van der Waals surface area contributed by atoms with E-state index in [0.717, 1.165) is 18.2 Å². The molecule has 7 nitrogen and oxygen atoms in total. The Kier molecular flexibility index (Phi) is 6.04. The number of nitro benzene ring substituents is 1. The monoisotopic (exact) mass is 435 g/mol. The van der Waals surface area contributed by atoms with Crippen molar-refractivity contribution in [2.45, 2.75) is 19.3 Å². The highest BCUT2D eigenvalue weighted by molar-refractivity contribution is 5.99. The summed E-state index contributed by atoms with van der Waals surface area (Å²) in [6.45, 7) is 1.34. The highest BCUT2D eigenvalue weighted by Crippen LogP contribution is 2.36. The van der Waals surface area contributed by atoms with Crippen LogP contribution in [0.15, 0.2) is 36.4 Å². The zero-order valence-corrected chi connectivity index (χ0v) is 14.8. The van der Waals surface area contributed by atoms with E-state index in [9.17, 15) is 46.0 Å². The number of hydrogen-bond acceptors (Lipinski definition) is 4. The molecule has 2 N–H and O–H groups in total. The molecule has 2 aromatic carbocycles. The number of hydrogen-bond donors (Lipinski definition) is 2. The Labute approximate surface area is 163 Å². The molecule has 0 aliphatic carbocycles. The van der Waals surface area contributed by atoms with Gasteiger partial charge in [0, 0.05) is 22.8 Å². The lowest BCUT2D eigenvalue weighted by molar-refractivity contribution is -0.385. The molecule has 0 unspecified atom stereocenters. The molecule has 0 radical (unpaired) electrons. The fourth-order valence-electron chi connectivity index (χ4n) is 2.35. The van der Waals surface area contributed by atoms with Crippen LogP contribution in [0.1, 0.15) is 37.4 Å². The molecular weight excluding hydrogens is 424 g/mol. The number of carbonyl (C=O) groups excluding carboxylic acids is 2. The van der Waals surface area contributed by atoms with Gasteiger partial charge in [0.1, 0.15) is 0 Å². The highest BCUT2D eigenvalue weighted by atomic mass is 19.4. The standard InChI is InChI=1S/C17H11F6N3O4/c1-8-4-9(2-3-13(8)26(29)30)14(27)24-25-15(28)10-5-11(16(18,19)20)7-12(6-10)17(21,22)23/h2-7H,1H3,(H,24,27)(H,25,28). The molecule has 0 bridgehead atoms. The Morgan fingerprint density at radius 3 is 1.70 bits per heavy atom. The van der Waals surface area contributed by atoms with E-state index in [1.165, 1.54) is 6.92 Å². The van der Waals surface area contributed by atoms with Crippen LogP contribution in [0.25, 0.3) is 0 Å². The van der Waals surface area contributed by atoms with Crippen LogP contribution in [0.4, 0.5) is 32.0 Å². The van der Waals surface area contributed by atoms with E-state index in [2.05, 4.69) is 0 Å². The topological polar surface area (TPSA) is 101 Å². The molecule has 0 heterocycles. The van der Waals surface area contributed by atoms with Gasteiger partial charge in [0.15, 0.2) is 0 Å². The van der Waals surface area contributed by atoms with Crippen LogP contribution in [0.5, 0.6) is 0 Å². The summed E-state index contributed by atoms with van der Waals surface area (Å²) in [5, 5.41) is 10.8. The van der Waals surface area contributed by atoms with Gasteiger partial charge >= 0.3 is 12.4 Å². The molecule has 160 valence electrons. The van der Waals surface area contributed by atoms with Crippen LogP contribution in [-0.4, -0.2) is 16.7 Å². The summed E-state index contributed by atoms with van der Waals surface area (Å²) in [4.78, 5) is 34.1. The van der Waals surface area contributed by atoms with Crippen molar-refractivity contribution in [3.05, 3.63) is 74.3 Å². The summed E-state index contributed by atoms with van der Waals surface area (Å²) >= 11 is 0. The molecular formula is C17H11F6N3O4. The zero-order chi connectivity index (χ0) is 22.9. The Bertz CT molecular complexity index is 985. The normalized spacial score (nSPS) is 11.7. The van der Waals surface area contributed by atoms with Crippen LogP contribution in [0.3, 0.4) is 0 Å². The fraction of sp³-hybridized carbons (Fsp3) is 0.176.